The Bertz CT molecular complexity index is 251. The van der Waals surface area contributed by atoms with Crippen molar-refractivity contribution in [2.75, 3.05) is 6.61 Å². The fraction of sp³-hybridized carbons (Fsp3) is 0.500. The third kappa shape index (κ3) is 2.71. The zero-order valence-corrected chi connectivity index (χ0v) is 6.57. The van der Waals surface area contributed by atoms with Crippen molar-refractivity contribution >= 4 is 17.8 Å². The Morgan fingerprint density at radius 3 is 2.85 bits per heavy atom. The first-order valence-electron chi connectivity index (χ1n) is 3.52. The molecule has 0 aromatic heterocycles. The highest BCUT2D eigenvalue weighted by Gasteiger charge is 2.27. The molecule has 0 aromatic carbocycles. The van der Waals surface area contributed by atoms with E-state index in [1.807, 2.05) is 5.48 Å². The molecule has 0 radical (unpaired) electrons. The van der Waals surface area contributed by atoms with E-state index in [2.05, 4.69) is 10.2 Å². The van der Waals surface area contributed by atoms with Gasteiger partial charge in [-0.25, -0.2) is 5.48 Å². The van der Waals surface area contributed by atoms with E-state index in [0.717, 1.165) is 0 Å². The van der Waals surface area contributed by atoms with Crippen LogP contribution in [0.2, 0.25) is 0 Å². The minimum Gasteiger partial charge on any atom is -0.481 e. The van der Waals surface area contributed by atoms with Crippen LogP contribution in [0.15, 0.2) is 0 Å². The largest absolute Gasteiger partial charge is 0.481 e. The van der Waals surface area contributed by atoms with Gasteiger partial charge in [0.2, 0.25) is 5.91 Å². The summed E-state index contributed by atoms with van der Waals surface area (Å²) in [5, 5.41) is 10.4. The molecule has 1 saturated heterocycles. The average molecular weight is 188 g/mol. The molecule has 13 heavy (non-hydrogen) atoms. The van der Waals surface area contributed by atoms with Gasteiger partial charge in [-0.3, -0.25) is 19.2 Å². The van der Waals surface area contributed by atoms with E-state index in [1.165, 1.54) is 0 Å². The Kier molecular flexibility index (Phi) is 2.80. The van der Waals surface area contributed by atoms with E-state index < -0.39 is 30.2 Å². The van der Waals surface area contributed by atoms with E-state index in [0.29, 0.717) is 0 Å². The number of nitrogens with one attached hydrogen (secondary N) is 2. The number of hydrogen-bond acceptors (Lipinski definition) is 4. The van der Waals surface area contributed by atoms with Crippen molar-refractivity contribution in [1.29, 1.82) is 0 Å². The fourth-order valence-corrected chi connectivity index (χ4v) is 0.833. The van der Waals surface area contributed by atoms with Gasteiger partial charge in [0.25, 0.3) is 5.91 Å². The standard InChI is InChI=1S/C6H8N2O5/c9-4(1-5(10)11)7-3-2-13-8-6(3)12/h3H,1-2H2,(H,7,9)(H,8,12)(H,10,11). The Balaban J connectivity index is 2.35. The van der Waals surface area contributed by atoms with Crippen molar-refractivity contribution in [2.24, 2.45) is 0 Å². The van der Waals surface area contributed by atoms with Crippen LogP contribution < -0.4 is 10.8 Å². The van der Waals surface area contributed by atoms with Gasteiger partial charge < -0.3 is 10.4 Å². The molecule has 1 atom stereocenters. The van der Waals surface area contributed by atoms with Crippen LogP contribution in [0.1, 0.15) is 6.42 Å². The topological polar surface area (TPSA) is 105 Å². The number of carboxylic acid groups (broad SMARTS) is 1. The SMILES string of the molecule is O=C(O)CC(=O)NC1CONC1=O. The third-order valence-corrected chi connectivity index (χ3v) is 1.39. The highest BCUT2D eigenvalue weighted by molar-refractivity contribution is 5.96. The maximum Gasteiger partial charge on any atom is 0.312 e. The second-order valence-electron chi connectivity index (χ2n) is 2.47. The first-order chi connectivity index (χ1) is 6.09. The second-order valence-corrected chi connectivity index (χ2v) is 2.47. The summed E-state index contributed by atoms with van der Waals surface area (Å²) in [6.07, 6.45) is -0.649. The Labute approximate surface area is 73.0 Å². The van der Waals surface area contributed by atoms with Crippen LogP contribution in [-0.4, -0.2) is 35.5 Å². The maximum atomic E-state index is 10.8. The molecule has 7 heteroatoms. The molecule has 0 aliphatic carbocycles. The third-order valence-electron chi connectivity index (χ3n) is 1.39. The Morgan fingerprint density at radius 1 is 1.69 bits per heavy atom. The number of aliphatic carboxylic acids is 1. The lowest BCUT2D eigenvalue weighted by Gasteiger charge is -2.05. The second kappa shape index (κ2) is 3.85. The molecule has 1 rings (SSSR count). The van der Waals surface area contributed by atoms with E-state index in [4.69, 9.17) is 5.11 Å². The molecule has 0 saturated carbocycles. The van der Waals surface area contributed by atoms with Crippen molar-refractivity contribution < 1.29 is 24.3 Å². The van der Waals surface area contributed by atoms with Crippen LogP contribution in [-0.2, 0) is 19.2 Å². The van der Waals surface area contributed by atoms with Gasteiger partial charge >= 0.3 is 5.97 Å². The summed E-state index contributed by atoms with van der Waals surface area (Å²) in [4.78, 5) is 36.2. The average Bonchev–Trinajstić information content (AvgIpc) is 2.34. The lowest BCUT2D eigenvalue weighted by molar-refractivity contribution is -0.141. The molecule has 72 valence electrons. The van der Waals surface area contributed by atoms with Crippen molar-refractivity contribution in [3.05, 3.63) is 0 Å². The molecular weight excluding hydrogens is 180 g/mol. The van der Waals surface area contributed by atoms with Gasteiger partial charge in [0, 0.05) is 0 Å². The van der Waals surface area contributed by atoms with E-state index >= 15 is 0 Å². The molecule has 1 aliphatic rings. The summed E-state index contributed by atoms with van der Waals surface area (Å²) in [6.45, 7) is 0.0180. The molecule has 1 heterocycles. The summed E-state index contributed by atoms with van der Waals surface area (Å²) < 4.78 is 0. The number of carboxylic acids is 1. The minimum absolute atomic E-state index is 0.0180. The van der Waals surface area contributed by atoms with Crippen LogP contribution in [0.5, 0.6) is 0 Å². The van der Waals surface area contributed by atoms with Gasteiger partial charge in [-0.05, 0) is 0 Å². The summed E-state index contributed by atoms with van der Waals surface area (Å²) in [7, 11) is 0. The highest BCUT2D eigenvalue weighted by atomic mass is 16.7. The van der Waals surface area contributed by atoms with Gasteiger partial charge in [0.1, 0.15) is 19.1 Å². The summed E-state index contributed by atoms with van der Waals surface area (Å²) in [5.41, 5.74) is 2.03. The lowest BCUT2D eigenvalue weighted by atomic mass is 10.3. The molecule has 2 amide bonds. The van der Waals surface area contributed by atoms with Crippen LogP contribution in [0.4, 0.5) is 0 Å². The first kappa shape index (κ1) is 9.46. The monoisotopic (exact) mass is 188 g/mol. The van der Waals surface area contributed by atoms with Gasteiger partial charge in [-0.15, -0.1) is 0 Å². The zero-order chi connectivity index (χ0) is 9.84. The van der Waals surface area contributed by atoms with Crippen LogP contribution in [0.25, 0.3) is 0 Å². The number of carbonyl (C=O) groups is 3. The Hall–Kier alpha value is -1.63. The number of carbonyl (C=O) groups excluding carboxylic acids is 2. The van der Waals surface area contributed by atoms with Gasteiger partial charge in [0.15, 0.2) is 0 Å². The smallest absolute Gasteiger partial charge is 0.312 e. The number of hydrogen-bond donors (Lipinski definition) is 3. The highest BCUT2D eigenvalue weighted by Crippen LogP contribution is 1.94. The zero-order valence-electron chi connectivity index (χ0n) is 6.57. The predicted molar refractivity (Wildman–Crippen MR) is 38.3 cm³/mol. The minimum atomic E-state index is -1.24. The molecule has 1 aliphatic heterocycles. The molecule has 0 bridgehead atoms. The molecule has 1 fully saturated rings. The fourth-order valence-electron chi connectivity index (χ4n) is 0.833. The van der Waals surface area contributed by atoms with Crippen LogP contribution in [0, 0.1) is 0 Å². The molecule has 3 N–H and O–H groups in total. The predicted octanol–water partition coefficient (Wildman–Crippen LogP) is -1.99. The van der Waals surface area contributed by atoms with Crippen molar-refractivity contribution in [2.45, 2.75) is 12.5 Å². The van der Waals surface area contributed by atoms with Gasteiger partial charge in [-0.2, -0.15) is 0 Å². The van der Waals surface area contributed by atoms with Crippen molar-refractivity contribution in [3.8, 4) is 0 Å². The molecule has 0 spiro atoms. The molecule has 7 nitrogen and oxygen atoms in total. The van der Waals surface area contributed by atoms with E-state index in [1.54, 1.807) is 0 Å². The van der Waals surface area contributed by atoms with Crippen LogP contribution in [0.3, 0.4) is 0 Å². The normalized spacial score (nSPS) is 20.9. The Morgan fingerprint density at radius 2 is 2.38 bits per heavy atom. The lowest BCUT2D eigenvalue weighted by Crippen LogP contribution is -2.42. The van der Waals surface area contributed by atoms with E-state index in [-0.39, 0.29) is 6.61 Å². The molecular formula is C6H8N2O5. The first-order valence-corrected chi connectivity index (χ1v) is 3.52. The number of hydroxylamine groups is 1. The number of rotatable bonds is 3. The summed E-state index contributed by atoms with van der Waals surface area (Å²) in [6, 6.07) is -0.785. The van der Waals surface area contributed by atoms with Crippen molar-refractivity contribution in [3.63, 3.8) is 0 Å². The van der Waals surface area contributed by atoms with Crippen LogP contribution >= 0.6 is 0 Å². The van der Waals surface area contributed by atoms with E-state index in [9.17, 15) is 14.4 Å². The summed E-state index contributed by atoms with van der Waals surface area (Å²) >= 11 is 0. The number of amides is 2. The quantitative estimate of drug-likeness (QED) is 0.444. The van der Waals surface area contributed by atoms with Gasteiger partial charge in [0.05, 0.1) is 0 Å². The van der Waals surface area contributed by atoms with Crippen molar-refractivity contribution in [1.82, 2.24) is 10.8 Å². The maximum absolute atomic E-state index is 10.8. The molecule has 1 unspecified atom stereocenters. The van der Waals surface area contributed by atoms with Gasteiger partial charge in [-0.1, -0.05) is 0 Å². The molecule has 0 aromatic rings. The summed E-state index contributed by atoms with van der Waals surface area (Å²) in [5.74, 6) is -2.42.